The molecule has 0 bridgehead atoms. The summed E-state index contributed by atoms with van der Waals surface area (Å²) in [5, 5.41) is 9.33. The SMILES string of the molecule is CN1CCC(O)C(C(N)=O)C1.Cl.Cl. The van der Waals surface area contributed by atoms with Gasteiger partial charge < -0.3 is 15.7 Å². The molecular formula is C7H16Cl2N2O2. The normalized spacial score (nSPS) is 28.5. The van der Waals surface area contributed by atoms with E-state index in [4.69, 9.17) is 5.73 Å². The zero-order chi connectivity index (χ0) is 8.43. The van der Waals surface area contributed by atoms with Crippen LogP contribution in [0.5, 0.6) is 0 Å². The third kappa shape index (κ3) is 4.13. The molecule has 6 heteroatoms. The van der Waals surface area contributed by atoms with Gasteiger partial charge in [0.1, 0.15) is 0 Å². The van der Waals surface area contributed by atoms with Gasteiger partial charge in [0.25, 0.3) is 0 Å². The van der Waals surface area contributed by atoms with Crippen LogP contribution in [-0.4, -0.2) is 42.2 Å². The van der Waals surface area contributed by atoms with Gasteiger partial charge in [0, 0.05) is 13.1 Å². The van der Waals surface area contributed by atoms with E-state index >= 15 is 0 Å². The maximum atomic E-state index is 10.7. The third-order valence-electron chi connectivity index (χ3n) is 2.14. The lowest BCUT2D eigenvalue weighted by atomic mass is 9.95. The lowest BCUT2D eigenvalue weighted by Crippen LogP contribution is -2.47. The number of nitrogens with zero attached hydrogens (tertiary/aromatic N) is 1. The fourth-order valence-electron chi connectivity index (χ4n) is 1.38. The fraction of sp³-hybridized carbons (Fsp3) is 0.857. The molecule has 2 atom stereocenters. The number of carbonyl (C=O) groups is 1. The fourth-order valence-corrected chi connectivity index (χ4v) is 1.38. The van der Waals surface area contributed by atoms with Gasteiger partial charge in [-0.15, -0.1) is 24.8 Å². The number of hydrogen-bond donors (Lipinski definition) is 2. The molecule has 0 aromatic carbocycles. The van der Waals surface area contributed by atoms with Gasteiger partial charge in [-0.3, -0.25) is 4.79 Å². The van der Waals surface area contributed by atoms with E-state index in [0.717, 1.165) is 6.54 Å². The maximum Gasteiger partial charge on any atom is 0.224 e. The predicted molar refractivity (Wildman–Crippen MR) is 55.3 cm³/mol. The quantitative estimate of drug-likeness (QED) is 0.647. The summed E-state index contributed by atoms with van der Waals surface area (Å²) in [5.41, 5.74) is 5.09. The van der Waals surface area contributed by atoms with Gasteiger partial charge in [0.15, 0.2) is 0 Å². The van der Waals surface area contributed by atoms with E-state index in [1.807, 2.05) is 11.9 Å². The number of aliphatic hydroxyl groups excluding tert-OH is 1. The molecular weight excluding hydrogens is 215 g/mol. The van der Waals surface area contributed by atoms with Gasteiger partial charge in [0.2, 0.25) is 5.91 Å². The summed E-state index contributed by atoms with van der Waals surface area (Å²) in [6.45, 7) is 1.42. The van der Waals surface area contributed by atoms with Crippen molar-refractivity contribution >= 4 is 30.7 Å². The van der Waals surface area contributed by atoms with Crippen molar-refractivity contribution in [2.45, 2.75) is 12.5 Å². The van der Waals surface area contributed by atoms with Gasteiger partial charge in [-0.05, 0) is 13.5 Å². The molecule has 3 N–H and O–H groups in total. The van der Waals surface area contributed by atoms with Gasteiger partial charge in [-0.2, -0.15) is 0 Å². The van der Waals surface area contributed by atoms with Crippen molar-refractivity contribution in [3.63, 3.8) is 0 Å². The maximum absolute atomic E-state index is 10.7. The lowest BCUT2D eigenvalue weighted by Gasteiger charge is -2.31. The van der Waals surface area contributed by atoms with Crippen LogP contribution in [0.15, 0.2) is 0 Å². The number of nitrogens with two attached hydrogens (primary N) is 1. The number of halogens is 2. The minimum Gasteiger partial charge on any atom is -0.392 e. The van der Waals surface area contributed by atoms with Crippen molar-refractivity contribution in [3.05, 3.63) is 0 Å². The molecule has 1 aliphatic heterocycles. The lowest BCUT2D eigenvalue weighted by molar-refractivity contribution is -0.127. The largest absolute Gasteiger partial charge is 0.392 e. The molecule has 13 heavy (non-hydrogen) atoms. The Morgan fingerprint density at radius 3 is 2.46 bits per heavy atom. The second-order valence-corrected chi connectivity index (χ2v) is 3.13. The van der Waals surface area contributed by atoms with Crippen LogP contribution < -0.4 is 5.73 Å². The minimum atomic E-state index is -0.538. The predicted octanol–water partition coefficient (Wildman–Crippen LogP) is -0.372. The molecule has 0 aromatic rings. The van der Waals surface area contributed by atoms with Gasteiger partial charge >= 0.3 is 0 Å². The first-order chi connectivity index (χ1) is 5.11. The molecule has 0 aliphatic carbocycles. The van der Waals surface area contributed by atoms with Gasteiger partial charge in [0.05, 0.1) is 12.0 Å². The molecule has 1 amide bonds. The number of piperidine rings is 1. The van der Waals surface area contributed by atoms with Crippen molar-refractivity contribution in [2.24, 2.45) is 11.7 Å². The first-order valence-corrected chi connectivity index (χ1v) is 3.77. The average molecular weight is 231 g/mol. The van der Waals surface area contributed by atoms with Crippen LogP contribution in [0.2, 0.25) is 0 Å². The van der Waals surface area contributed by atoms with Gasteiger partial charge in [-0.25, -0.2) is 0 Å². The molecule has 0 radical (unpaired) electrons. The van der Waals surface area contributed by atoms with Crippen LogP contribution >= 0.6 is 24.8 Å². The summed E-state index contributed by atoms with van der Waals surface area (Å²) in [6.07, 6.45) is 0.105. The summed E-state index contributed by atoms with van der Waals surface area (Å²) in [5.74, 6) is -0.780. The van der Waals surface area contributed by atoms with Crippen molar-refractivity contribution < 1.29 is 9.90 Å². The number of hydrogen-bond acceptors (Lipinski definition) is 3. The molecule has 1 heterocycles. The van der Waals surface area contributed by atoms with E-state index in [0.29, 0.717) is 13.0 Å². The number of amides is 1. The molecule has 1 aliphatic rings. The molecule has 0 aromatic heterocycles. The first kappa shape index (κ1) is 15.4. The minimum absolute atomic E-state index is 0. The Hall–Kier alpha value is -0.0300. The van der Waals surface area contributed by atoms with Crippen molar-refractivity contribution in [2.75, 3.05) is 20.1 Å². The molecule has 0 saturated carbocycles. The first-order valence-electron chi connectivity index (χ1n) is 3.77. The number of rotatable bonds is 1. The van der Waals surface area contributed by atoms with Crippen molar-refractivity contribution in [3.8, 4) is 0 Å². The molecule has 1 saturated heterocycles. The van der Waals surface area contributed by atoms with E-state index in [1.165, 1.54) is 0 Å². The highest BCUT2D eigenvalue weighted by molar-refractivity contribution is 5.85. The van der Waals surface area contributed by atoms with E-state index in [9.17, 15) is 9.90 Å². The Bertz CT molecular complexity index is 169. The Labute approximate surface area is 90.3 Å². The summed E-state index contributed by atoms with van der Waals surface area (Å²) < 4.78 is 0. The second-order valence-electron chi connectivity index (χ2n) is 3.13. The standard InChI is InChI=1S/C7H14N2O2.2ClH/c1-9-3-2-6(10)5(4-9)7(8)11;;/h5-6,10H,2-4H2,1H3,(H2,8,11);2*1H. The number of carbonyl (C=O) groups excluding carboxylic acids is 1. The summed E-state index contributed by atoms with van der Waals surface area (Å²) in [7, 11) is 1.92. The summed E-state index contributed by atoms with van der Waals surface area (Å²) in [6, 6.07) is 0. The number of aliphatic hydroxyl groups is 1. The molecule has 1 fully saturated rings. The summed E-state index contributed by atoms with van der Waals surface area (Å²) in [4.78, 5) is 12.7. The molecule has 4 nitrogen and oxygen atoms in total. The molecule has 2 unspecified atom stereocenters. The van der Waals surface area contributed by atoms with Crippen LogP contribution in [0, 0.1) is 5.92 Å². The van der Waals surface area contributed by atoms with Crippen LogP contribution in [-0.2, 0) is 4.79 Å². The third-order valence-corrected chi connectivity index (χ3v) is 2.14. The van der Waals surface area contributed by atoms with Crippen LogP contribution in [0.3, 0.4) is 0 Å². The average Bonchev–Trinajstić information content (AvgIpc) is 1.94. The van der Waals surface area contributed by atoms with Crippen molar-refractivity contribution in [1.82, 2.24) is 4.90 Å². The Kier molecular flexibility index (Phi) is 7.64. The van der Waals surface area contributed by atoms with E-state index in [-0.39, 0.29) is 30.7 Å². The van der Waals surface area contributed by atoms with Crippen LogP contribution in [0.25, 0.3) is 0 Å². The Morgan fingerprint density at radius 1 is 1.54 bits per heavy atom. The molecule has 1 rings (SSSR count). The smallest absolute Gasteiger partial charge is 0.224 e. The number of primary amides is 1. The summed E-state index contributed by atoms with van der Waals surface area (Å²) >= 11 is 0. The monoisotopic (exact) mass is 230 g/mol. The highest BCUT2D eigenvalue weighted by Gasteiger charge is 2.29. The highest BCUT2D eigenvalue weighted by atomic mass is 35.5. The second kappa shape index (κ2) is 6.43. The number of likely N-dealkylation sites (tertiary alicyclic amines) is 1. The Balaban J connectivity index is 0. The topological polar surface area (TPSA) is 66.6 Å². The zero-order valence-corrected chi connectivity index (χ0v) is 9.11. The van der Waals surface area contributed by atoms with E-state index in [2.05, 4.69) is 0 Å². The van der Waals surface area contributed by atoms with Crippen LogP contribution in [0.4, 0.5) is 0 Å². The molecule has 0 spiro atoms. The van der Waals surface area contributed by atoms with Crippen molar-refractivity contribution in [1.29, 1.82) is 0 Å². The Morgan fingerprint density at radius 2 is 2.08 bits per heavy atom. The highest BCUT2D eigenvalue weighted by Crippen LogP contribution is 2.14. The van der Waals surface area contributed by atoms with Crippen LogP contribution in [0.1, 0.15) is 6.42 Å². The van der Waals surface area contributed by atoms with E-state index < -0.39 is 12.0 Å². The van der Waals surface area contributed by atoms with Gasteiger partial charge in [-0.1, -0.05) is 0 Å². The van der Waals surface area contributed by atoms with E-state index in [1.54, 1.807) is 0 Å². The zero-order valence-electron chi connectivity index (χ0n) is 7.47. The molecule has 80 valence electrons.